The number of carbonyl (C=O) groups is 2. The van der Waals surface area contributed by atoms with E-state index in [0.717, 1.165) is 42.9 Å². The van der Waals surface area contributed by atoms with Crippen molar-refractivity contribution >= 4 is 35.2 Å². The van der Waals surface area contributed by atoms with E-state index in [1.165, 1.54) is 5.54 Å². The number of rotatable bonds is 3. The van der Waals surface area contributed by atoms with Crippen LogP contribution in [0.4, 0.5) is 4.79 Å². The Morgan fingerprint density at radius 2 is 2.03 bits per heavy atom. The molecule has 3 rings (SSSR count). The lowest BCUT2D eigenvalue weighted by molar-refractivity contribution is 0.0745. The predicted octanol–water partition coefficient (Wildman–Crippen LogP) is 3.05. The van der Waals surface area contributed by atoms with E-state index in [2.05, 4.69) is 24.5 Å². The first-order valence-electron chi connectivity index (χ1n) is 10.3. The standard InChI is InChI=1S/C22H30ClN3O3/c1-5-15-11-17(20(27)26(4)13-14(2)3)29-19(15)18-16(12-23)24-21(28)25-22(18)9-7-6-8-10-22/h5,11-12,14H,6-10,13H2,1-4H3,(H2,24,25,28)/b15-5-,16-12-,19-18-. The van der Waals surface area contributed by atoms with Gasteiger partial charge in [0.2, 0.25) is 0 Å². The first-order valence-corrected chi connectivity index (χ1v) is 10.7. The number of amides is 3. The van der Waals surface area contributed by atoms with Gasteiger partial charge in [0.15, 0.2) is 5.76 Å². The van der Waals surface area contributed by atoms with Crippen LogP contribution >= 0.6 is 11.6 Å². The van der Waals surface area contributed by atoms with Gasteiger partial charge in [0.25, 0.3) is 5.91 Å². The minimum atomic E-state index is -0.541. The van der Waals surface area contributed by atoms with Crippen LogP contribution in [0.15, 0.2) is 21.7 Å². The van der Waals surface area contributed by atoms with Crippen LogP contribution in [0.5, 0.6) is 0 Å². The summed E-state index contributed by atoms with van der Waals surface area (Å²) in [6.07, 6.45) is 6.69. The fraction of sp³-hybridized carbons (Fsp3) is 0.545. The molecule has 2 N–H and O–H groups in total. The van der Waals surface area contributed by atoms with Gasteiger partial charge in [0.05, 0.1) is 11.2 Å². The van der Waals surface area contributed by atoms with Crippen molar-refractivity contribution < 1.29 is 14.0 Å². The number of halogens is 1. The Balaban J connectivity index is 2.20. The van der Waals surface area contributed by atoms with E-state index in [4.69, 9.17) is 16.0 Å². The average Bonchev–Trinajstić information content (AvgIpc) is 3.10. The lowest BCUT2D eigenvalue weighted by atomic mass is 9.74. The summed E-state index contributed by atoms with van der Waals surface area (Å²) in [7, 11) is 1.78. The first-order chi connectivity index (χ1) is 13.8. The Bertz CT molecular complexity index is 939. The van der Waals surface area contributed by atoms with Crippen LogP contribution in [-0.2, 0) is 0 Å². The molecule has 1 aliphatic carbocycles. The number of nitrogens with zero attached hydrogens (tertiary/aromatic N) is 1. The Morgan fingerprint density at radius 3 is 2.62 bits per heavy atom. The molecule has 2 aliphatic rings. The summed E-state index contributed by atoms with van der Waals surface area (Å²) in [5.41, 5.74) is 2.80. The van der Waals surface area contributed by atoms with Gasteiger partial charge in [-0.3, -0.25) is 4.79 Å². The van der Waals surface area contributed by atoms with Crippen LogP contribution < -0.4 is 21.3 Å². The van der Waals surface area contributed by atoms with Crippen molar-refractivity contribution in [3.63, 3.8) is 0 Å². The molecule has 1 saturated carbocycles. The summed E-state index contributed by atoms with van der Waals surface area (Å²) in [6.45, 7) is 6.69. The van der Waals surface area contributed by atoms with Crippen molar-refractivity contribution in [1.29, 1.82) is 0 Å². The summed E-state index contributed by atoms with van der Waals surface area (Å²) in [4.78, 5) is 26.9. The number of hydrogen-bond acceptors (Lipinski definition) is 3. The fourth-order valence-electron chi connectivity index (χ4n) is 4.44. The molecule has 0 unspecified atom stereocenters. The molecule has 3 amide bonds. The van der Waals surface area contributed by atoms with E-state index in [9.17, 15) is 9.59 Å². The molecular weight excluding hydrogens is 390 g/mol. The van der Waals surface area contributed by atoms with Crippen LogP contribution in [-0.4, -0.2) is 36.0 Å². The van der Waals surface area contributed by atoms with Gasteiger partial charge in [0.1, 0.15) is 5.42 Å². The lowest BCUT2D eigenvalue weighted by Gasteiger charge is -2.43. The normalized spacial score (nSPS) is 22.8. The molecule has 7 heteroatoms. The average molecular weight is 420 g/mol. The SMILES string of the molecule is C/C=c1/cc(C(=O)N(C)CC(C)C)o/c1=C1/C(=C/Cl)NC(=O)NC12CCCCC2. The van der Waals surface area contributed by atoms with E-state index in [1.54, 1.807) is 18.0 Å². The molecule has 0 bridgehead atoms. The molecule has 1 saturated heterocycles. The zero-order valence-corrected chi connectivity index (χ0v) is 18.4. The summed E-state index contributed by atoms with van der Waals surface area (Å²) < 4.78 is 6.15. The smallest absolute Gasteiger partial charge is 0.319 e. The van der Waals surface area contributed by atoms with Crippen molar-refractivity contribution in [1.82, 2.24) is 15.5 Å². The minimum absolute atomic E-state index is 0.157. The Labute approximate surface area is 176 Å². The summed E-state index contributed by atoms with van der Waals surface area (Å²) in [6, 6.07) is 1.52. The van der Waals surface area contributed by atoms with Crippen LogP contribution in [0, 0.1) is 5.92 Å². The Kier molecular flexibility index (Phi) is 6.42. The fourth-order valence-corrected chi connectivity index (χ4v) is 4.61. The highest BCUT2D eigenvalue weighted by atomic mass is 35.5. The molecule has 2 heterocycles. The molecule has 0 aromatic carbocycles. The van der Waals surface area contributed by atoms with Gasteiger partial charge < -0.3 is 20.0 Å². The monoisotopic (exact) mass is 419 g/mol. The largest absolute Gasteiger partial charge is 0.450 e. The maximum Gasteiger partial charge on any atom is 0.319 e. The maximum atomic E-state index is 12.9. The minimum Gasteiger partial charge on any atom is -0.450 e. The van der Waals surface area contributed by atoms with Crippen LogP contribution in [0.3, 0.4) is 0 Å². The van der Waals surface area contributed by atoms with Gasteiger partial charge in [0, 0.05) is 29.9 Å². The molecule has 29 heavy (non-hydrogen) atoms. The van der Waals surface area contributed by atoms with Gasteiger partial charge in [-0.1, -0.05) is 50.8 Å². The van der Waals surface area contributed by atoms with Crippen LogP contribution in [0.25, 0.3) is 11.6 Å². The van der Waals surface area contributed by atoms with Crippen molar-refractivity contribution in [2.75, 3.05) is 13.6 Å². The second-order valence-corrected chi connectivity index (χ2v) is 8.60. The molecule has 1 aliphatic heterocycles. The summed E-state index contributed by atoms with van der Waals surface area (Å²) in [5.74, 6) is 0.495. The number of nitrogens with one attached hydrogen (secondary N) is 2. The van der Waals surface area contributed by atoms with Gasteiger partial charge in [-0.2, -0.15) is 0 Å². The topological polar surface area (TPSA) is 74.6 Å². The van der Waals surface area contributed by atoms with Gasteiger partial charge in [-0.05, 0) is 31.7 Å². The quantitative estimate of drug-likeness (QED) is 0.790. The van der Waals surface area contributed by atoms with E-state index in [0.29, 0.717) is 29.3 Å². The zero-order valence-electron chi connectivity index (χ0n) is 17.6. The second kappa shape index (κ2) is 8.66. The molecular formula is C22H30ClN3O3. The molecule has 6 nitrogen and oxygen atoms in total. The third-order valence-electron chi connectivity index (χ3n) is 5.66. The molecule has 1 aromatic heterocycles. The van der Waals surface area contributed by atoms with Gasteiger partial charge in [-0.25, -0.2) is 4.79 Å². The maximum absolute atomic E-state index is 12.9. The highest BCUT2D eigenvalue weighted by molar-refractivity contribution is 6.26. The van der Waals surface area contributed by atoms with Crippen molar-refractivity contribution in [3.8, 4) is 0 Å². The molecule has 0 radical (unpaired) electrons. The summed E-state index contributed by atoms with van der Waals surface area (Å²) in [5, 5.41) is 6.74. The number of urea groups is 1. The Hall–Kier alpha value is -2.21. The number of furan rings is 1. The highest BCUT2D eigenvalue weighted by Gasteiger charge is 2.44. The van der Waals surface area contributed by atoms with Crippen molar-refractivity contribution in [2.45, 2.75) is 58.4 Å². The Morgan fingerprint density at radius 1 is 1.34 bits per heavy atom. The summed E-state index contributed by atoms with van der Waals surface area (Å²) >= 11 is 6.11. The predicted molar refractivity (Wildman–Crippen MR) is 115 cm³/mol. The molecule has 1 spiro atoms. The zero-order chi connectivity index (χ0) is 21.2. The third-order valence-corrected chi connectivity index (χ3v) is 5.88. The molecule has 158 valence electrons. The van der Waals surface area contributed by atoms with Crippen molar-refractivity contribution in [3.05, 3.63) is 33.7 Å². The molecule has 0 atom stereocenters. The van der Waals surface area contributed by atoms with E-state index >= 15 is 0 Å². The van der Waals surface area contributed by atoms with E-state index < -0.39 is 5.54 Å². The molecule has 2 fully saturated rings. The lowest BCUT2D eigenvalue weighted by Crippen LogP contribution is -2.61. The van der Waals surface area contributed by atoms with Gasteiger partial charge in [-0.15, -0.1) is 0 Å². The van der Waals surface area contributed by atoms with Crippen LogP contribution in [0.2, 0.25) is 0 Å². The number of hydrogen-bond donors (Lipinski definition) is 2. The van der Waals surface area contributed by atoms with Gasteiger partial charge >= 0.3 is 6.03 Å². The van der Waals surface area contributed by atoms with Crippen molar-refractivity contribution in [2.24, 2.45) is 5.92 Å². The number of carbonyl (C=O) groups excluding carboxylic acids is 2. The van der Waals surface area contributed by atoms with E-state index in [-0.39, 0.29) is 11.9 Å². The molecule has 1 aromatic rings. The second-order valence-electron chi connectivity index (χ2n) is 8.38. The highest BCUT2D eigenvalue weighted by Crippen LogP contribution is 2.39. The van der Waals surface area contributed by atoms with E-state index in [1.807, 2.05) is 13.0 Å². The third kappa shape index (κ3) is 4.22. The van der Waals surface area contributed by atoms with Crippen LogP contribution in [0.1, 0.15) is 63.4 Å². The first kappa shape index (κ1) is 21.5.